The van der Waals surface area contributed by atoms with E-state index in [1.165, 1.54) is 24.5 Å². The third kappa shape index (κ3) is 2.89. The monoisotopic (exact) mass is 334 g/mol. The molecule has 0 saturated heterocycles. The SMILES string of the molecule is COC(=O)C1=CC(c2ccc(Br)s2)=N[S+]([O-])N1. The number of nitrogens with zero attached hydrogens (tertiary/aromatic N) is 1. The molecule has 1 aromatic heterocycles. The minimum absolute atomic E-state index is 0.139. The highest BCUT2D eigenvalue weighted by molar-refractivity contribution is 9.11. The molecule has 90 valence electrons. The summed E-state index contributed by atoms with van der Waals surface area (Å²) in [5, 5.41) is 0. The van der Waals surface area contributed by atoms with Crippen LogP contribution in [0.1, 0.15) is 4.88 Å². The largest absolute Gasteiger partial charge is 0.567 e. The van der Waals surface area contributed by atoms with E-state index in [1.807, 2.05) is 12.1 Å². The summed E-state index contributed by atoms with van der Waals surface area (Å²) in [6, 6.07) is 3.70. The van der Waals surface area contributed by atoms with E-state index in [2.05, 4.69) is 29.8 Å². The summed E-state index contributed by atoms with van der Waals surface area (Å²) in [4.78, 5) is 12.2. The van der Waals surface area contributed by atoms with E-state index in [0.29, 0.717) is 5.71 Å². The number of rotatable bonds is 2. The van der Waals surface area contributed by atoms with Crippen LogP contribution in [0.15, 0.2) is 32.1 Å². The first-order chi connectivity index (χ1) is 8.10. The van der Waals surface area contributed by atoms with Crippen molar-refractivity contribution in [2.24, 2.45) is 4.40 Å². The smallest absolute Gasteiger partial charge is 0.358 e. The first-order valence-corrected chi connectivity index (χ1v) is 7.14. The summed E-state index contributed by atoms with van der Waals surface area (Å²) in [5.74, 6) is -0.568. The Bertz CT molecular complexity index is 512. The zero-order valence-corrected chi connectivity index (χ0v) is 11.8. The van der Waals surface area contributed by atoms with Gasteiger partial charge in [0.05, 0.1) is 15.8 Å². The number of hydrogen-bond donors (Lipinski definition) is 1. The molecule has 17 heavy (non-hydrogen) atoms. The van der Waals surface area contributed by atoms with E-state index < -0.39 is 17.5 Å². The Kier molecular flexibility index (Phi) is 3.87. The Morgan fingerprint density at radius 3 is 3.00 bits per heavy atom. The van der Waals surface area contributed by atoms with Crippen LogP contribution in [-0.4, -0.2) is 23.3 Å². The number of esters is 1. The van der Waals surface area contributed by atoms with Gasteiger partial charge in [-0.2, -0.15) is 4.72 Å². The van der Waals surface area contributed by atoms with Crippen molar-refractivity contribution < 1.29 is 14.1 Å². The van der Waals surface area contributed by atoms with Gasteiger partial charge >= 0.3 is 5.97 Å². The van der Waals surface area contributed by atoms with E-state index in [-0.39, 0.29) is 5.70 Å². The summed E-state index contributed by atoms with van der Waals surface area (Å²) in [5.41, 5.74) is 0.638. The van der Waals surface area contributed by atoms with E-state index in [9.17, 15) is 9.35 Å². The van der Waals surface area contributed by atoms with Gasteiger partial charge in [-0.25, -0.2) is 4.79 Å². The van der Waals surface area contributed by atoms with Crippen molar-refractivity contribution in [3.05, 3.63) is 32.6 Å². The Labute approximate surface area is 113 Å². The third-order valence-electron chi connectivity index (χ3n) is 1.89. The Hall–Kier alpha value is -0.830. The van der Waals surface area contributed by atoms with Crippen LogP contribution in [0.5, 0.6) is 0 Å². The molecule has 1 unspecified atom stereocenters. The van der Waals surface area contributed by atoms with Gasteiger partial charge in [0.1, 0.15) is 5.71 Å². The molecule has 2 heterocycles. The molecule has 8 heteroatoms. The van der Waals surface area contributed by atoms with Gasteiger partial charge in [-0.3, -0.25) is 0 Å². The lowest BCUT2D eigenvalue weighted by molar-refractivity contribution is -0.136. The van der Waals surface area contributed by atoms with Crippen LogP contribution >= 0.6 is 27.3 Å². The van der Waals surface area contributed by atoms with Crippen molar-refractivity contribution in [1.82, 2.24) is 4.72 Å². The van der Waals surface area contributed by atoms with Crippen molar-refractivity contribution in [2.75, 3.05) is 7.11 Å². The first-order valence-electron chi connectivity index (χ1n) is 4.43. The van der Waals surface area contributed by atoms with Gasteiger partial charge in [0, 0.05) is 6.08 Å². The predicted octanol–water partition coefficient (Wildman–Crippen LogP) is 1.54. The van der Waals surface area contributed by atoms with Crippen molar-refractivity contribution in [3.63, 3.8) is 0 Å². The highest BCUT2D eigenvalue weighted by Crippen LogP contribution is 2.24. The molecule has 1 aliphatic rings. The fraction of sp³-hybridized carbons (Fsp3) is 0.111. The summed E-state index contributed by atoms with van der Waals surface area (Å²) in [6.45, 7) is 0. The molecule has 5 nitrogen and oxygen atoms in total. The zero-order valence-electron chi connectivity index (χ0n) is 8.60. The number of hydrogen-bond acceptors (Lipinski definition) is 6. The van der Waals surface area contributed by atoms with Crippen LogP contribution in [0.4, 0.5) is 0 Å². The molecule has 0 bridgehead atoms. The van der Waals surface area contributed by atoms with E-state index in [4.69, 9.17) is 0 Å². The maximum atomic E-state index is 11.4. The maximum absolute atomic E-state index is 11.4. The molecule has 1 atom stereocenters. The van der Waals surface area contributed by atoms with Crippen LogP contribution in [0.2, 0.25) is 0 Å². The second-order valence-corrected chi connectivity index (χ2v) is 6.33. The number of halogens is 1. The number of carbonyl (C=O) groups is 1. The number of nitrogens with one attached hydrogen (secondary N) is 1. The molecule has 0 saturated carbocycles. The molecule has 0 fully saturated rings. The molecule has 0 aromatic carbocycles. The molecule has 2 rings (SSSR count). The molecule has 0 radical (unpaired) electrons. The second-order valence-electron chi connectivity index (χ2n) is 2.98. The maximum Gasteiger partial charge on any atom is 0.358 e. The minimum Gasteiger partial charge on any atom is -0.567 e. The van der Waals surface area contributed by atoms with E-state index in [0.717, 1.165) is 8.66 Å². The molecule has 1 aliphatic heterocycles. The Morgan fingerprint density at radius 2 is 2.41 bits per heavy atom. The lowest BCUT2D eigenvalue weighted by atomic mass is 10.2. The third-order valence-corrected chi connectivity index (χ3v) is 4.29. The summed E-state index contributed by atoms with van der Waals surface area (Å²) >= 11 is 3.12. The number of carbonyl (C=O) groups excluding carboxylic acids is 1. The van der Waals surface area contributed by atoms with Crippen LogP contribution in [0, 0.1) is 0 Å². The number of thiophene rings is 1. The van der Waals surface area contributed by atoms with Crippen molar-refractivity contribution >= 4 is 50.5 Å². The van der Waals surface area contributed by atoms with Gasteiger partial charge in [0.25, 0.3) is 0 Å². The van der Waals surface area contributed by atoms with Gasteiger partial charge in [0.2, 0.25) is 11.5 Å². The summed E-state index contributed by atoms with van der Waals surface area (Å²) in [6.07, 6.45) is 1.52. The van der Waals surface area contributed by atoms with Gasteiger partial charge in [-0.1, -0.05) is 0 Å². The lowest BCUT2D eigenvalue weighted by Gasteiger charge is -2.13. The van der Waals surface area contributed by atoms with Gasteiger partial charge in [-0.05, 0) is 32.5 Å². The summed E-state index contributed by atoms with van der Waals surface area (Å²) < 4.78 is 23.3. The fourth-order valence-electron chi connectivity index (χ4n) is 1.18. The zero-order chi connectivity index (χ0) is 12.4. The predicted molar refractivity (Wildman–Crippen MR) is 69.9 cm³/mol. The number of ether oxygens (including phenoxy) is 1. The first kappa shape index (κ1) is 12.6. The summed E-state index contributed by atoms with van der Waals surface area (Å²) in [7, 11) is 1.26. The standard InChI is InChI=1S/C9H7BrN2O3S2/c1-15-9(13)6-4-5(11-17(14)12-6)7-2-3-8(10)16-7/h2-4,12H,1H3. The fourth-order valence-corrected chi connectivity index (χ4v) is 3.29. The van der Waals surface area contributed by atoms with Crippen LogP contribution in [0.25, 0.3) is 0 Å². The molecule has 0 amide bonds. The van der Waals surface area contributed by atoms with E-state index >= 15 is 0 Å². The molecule has 1 N–H and O–H groups in total. The van der Waals surface area contributed by atoms with Gasteiger partial charge in [-0.15, -0.1) is 11.3 Å². The molecule has 1 aromatic rings. The van der Waals surface area contributed by atoms with Crippen molar-refractivity contribution in [3.8, 4) is 0 Å². The molecule has 0 spiro atoms. The lowest BCUT2D eigenvalue weighted by Crippen LogP contribution is -2.31. The van der Waals surface area contributed by atoms with E-state index in [1.54, 1.807) is 0 Å². The molecular formula is C9H7BrN2O3S2. The Balaban J connectivity index is 2.33. The van der Waals surface area contributed by atoms with Crippen molar-refractivity contribution in [1.29, 1.82) is 0 Å². The van der Waals surface area contributed by atoms with Crippen LogP contribution < -0.4 is 4.72 Å². The normalized spacial score (nSPS) is 19.1. The Morgan fingerprint density at radius 1 is 1.65 bits per heavy atom. The van der Waals surface area contributed by atoms with Gasteiger partial charge in [0.15, 0.2) is 5.70 Å². The van der Waals surface area contributed by atoms with Crippen molar-refractivity contribution in [2.45, 2.75) is 0 Å². The quantitative estimate of drug-likeness (QED) is 0.657. The average molecular weight is 335 g/mol. The number of methoxy groups -OCH3 is 1. The highest BCUT2D eigenvalue weighted by Gasteiger charge is 2.24. The minimum atomic E-state index is -1.65. The van der Waals surface area contributed by atoms with Crippen LogP contribution in [-0.2, 0) is 21.1 Å². The molecule has 0 aliphatic carbocycles. The average Bonchev–Trinajstić information content (AvgIpc) is 2.74. The molecular weight excluding hydrogens is 328 g/mol. The highest BCUT2D eigenvalue weighted by atomic mass is 79.9. The van der Waals surface area contributed by atoms with Gasteiger partial charge < -0.3 is 9.29 Å². The second kappa shape index (κ2) is 5.21. The number of allylic oxidation sites excluding steroid dienone is 1. The van der Waals surface area contributed by atoms with Crippen LogP contribution in [0.3, 0.4) is 0 Å². The topological polar surface area (TPSA) is 73.8 Å².